The summed E-state index contributed by atoms with van der Waals surface area (Å²) in [5.41, 5.74) is 0.907. The molecule has 27 heavy (non-hydrogen) atoms. The highest BCUT2D eigenvalue weighted by molar-refractivity contribution is 8.15. The average Bonchev–Trinajstić information content (AvgIpc) is 3.07. The SMILES string of the molecule is COCC(=O)N=C1S[C@H]2CS(=O)(=O)C[C@@H]2N1Cc1ccc(OC)c(OC)c1. The summed E-state index contributed by atoms with van der Waals surface area (Å²) in [5, 5.41) is 0.418. The normalized spacial score (nSPS) is 24.9. The molecule has 0 radical (unpaired) electrons. The third kappa shape index (κ3) is 4.39. The van der Waals surface area contributed by atoms with Gasteiger partial charge in [0.25, 0.3) is 5.91 Å². The molecule has 148 valence electrons. The van der Waals surface area contributed by atoms with Crippen molar-refractivity contribution in [3.63, 3.8) is 0 Å². The highest BCUT2D eigenvalue weighted by Gasteiger charge is 2.48. The number of hydrogen-bond acceptors (Lipinski definition) is 7. The molecule has 10 heteroatoms. The second-order valence-electron chi connectivity index (χ2n) is 6.34. The number of sulfone groups is 1. The summed E-state index contributed by atoms with van der Waals surface area (Å²) in [5.74, 6) is 0.978. The standard InChI is InChI=1S/C17H22N2O6S2/c1-23-8-16(20)18-17-19(12-9-27(21,22)10-15(12)26-17)7-11-4-5-13(24-2)14(6-11)25-3/h4-6,12,15H,7-10H2,1-3H3/t12-,15-/m0/s1. The van der Waals surface area contributed by atoms with E-state index in [2.05, 4.69) is 4.99 Å². The van der Waals surface area contributed by atoms with Crippen LogP contribution in [0.1, 0.15) is 5.56 Å². The number of rotatable bonds is 6. The first-order chi connectivity index (χ1) is 12.9. The molecule has 0 bridgehead atoms. The molecule has 0 aromatic heterocycles. The lowest BCUT2D eigenvalue weighted by Crippen LogP contribution is -2.37. The Balaban J connectivity index is 1.89. The van der Waals surface area contributed by atoms with E-state index in [9.17, 15) is 13.2 Å². The molecular formula is C17H22N2O6S2. The van der Waals surface area contributed by atoms with Crippen molar-refractivity contribution in [2.75, 3.05) is 39.4 Å². The monoisotopic (exact) mass is 414 g/mol. The molecule has 2 aliphatic rings. The molecule has 1 aromatic carbocycles. The van der Waals surface area contributed by atoms with E-state index < -0.39 is 9.84 Å². The maximum Gasteiger partial charge on any atom is 0.274 e. The van der Waals surface area contributed by atoms with Gasteiger partial charge in [0.1, 0.15) is 6.61 Å². The lowest BCUT2D eigenvalue weighted by molar-refractivity contribution is -0.121. The number of methoxy groups -OCH3 is 3. The maximum atomic E-state index is 12.1. The van der Waals surface area contributed by atoms with Crippen LogP contribution in [-0.4, -0.2) is 75.1 Å². The molecule has 8 nitrogen and oxygen atoms in total. The van der Waals surface area contributed by atoms with Crippen LogP contribution in [0.4, 0.5) is 0 Å². The van der Waals surface area contributed by atoms with Crippen molar-refractivity contribution < 1.29 is 27.4 Å². The number of ether oxygens (including phenoxy) is 3. The highest BCUT2D eigenvalue weighted by Crippen LogP contribution is 2.39. The number of nitrogens with zero attached hydrogens (tertiary/aromatic N) is 2. The second kappa shape index (κ2) is 8.07. The first kappa shape index (κ1) is 20.0. The van der Waals surface area contributed by atoms with Gasteiger partial charge in [0, 0.05) is 18.9 Å². The van der Waals surface area contributed by atoms with Gasteiger partial charge in [0.05, 0.1) is 31.8 Å². The number of carbonyl (C=O) groups excluding carboxylic acids is 1. The van der Waals surface area contributed by atoms with Gasteiger partial charge in [0.15, 0.2) is 26.5 Å². The van der Waals surface area contributed by atoms with Gasteiger partial charge >= 0.3 is 0 Å². The Hall–Kier alpha value is -1.78. The number of aliphatic imine (C=N–C) groups is 1. The van der Waals surface area contributed by atoms with Crippen molar-refractivity contribution >= 4 is 32.7 Å². The summed E-state index contributed by atoms with van der Waals surface area (Å²) in [4.78, 5) is 18.0. The third-order valence-electron chi connectivity index (χ3n) is 4.46. The van der Waals surface area contributed by atoms with Crippen LogP contribution in [0.15, 0.2) is 23.2 Å². The summed E-state index contributed by atoms with van der Waals surface area (Å²) in [6, 6.07) is 5.32. The minimum Gasteiger partial charge on any atom is -0.493 e. The molecule has 0 aliphatic carbocycles. The third-order valence-corrected chi connectivity index (χ3v) is 7.71. The molecule has 0 unspecified atom stereocenters. The fourth-order valence-corrected chi connectivity index (χ4v) is 7.23. The lowest BCUT2D eigenvalue weighted by Gasteiger charge is -2.24. The van der Waals surface area contributed by atoms with E-state index in [1.807, 2.05) is 17.0 Å². The van der Waals surface area contributed by atoms with Crippen molar-refractivity contribution in [2.24, 2.45) is 4.99 Å². The molecule has 0 N–H and O–H groups in total. The van der Waals surface area contributed by atoms with Gasteiger partial charge in [-0.15, -0.1) is 0 Å². The summed E-state index contributed by atoms with van der Waals surface area (Å²) >= 11 is 1.35. The molecule has 0 saturated carbocycles. The van der Waals surface area contributed by atoms with Crippen LogP contribution >= 0.6 is 11.8 Å². The minimum atomic E-state index is -3.09. The molecule has 0 spiro atoms. The number of fused-ring (bicyclic) bond motifs is 1. The molecule has 3 rings (SSSR count). The van der Waals surface area contributed by atoms with Crippen LogP contribution < -0.4 is 9.47 Å². The molecule has 2 heterocycles. The zero-order valence-corrected chi connectivity index (χ0v) is 17.0. The topological polar surface area (TPSA) is 94.5 Å². The number of carbonyl (C=O) groups is 1. The van der Waals surface area contributed by atoms with E-state index in [1.54, 1.807) is 20.3 Å². The molecule has 1 aromatic rings. The Morgan fingerprint density at radius 1 is 1.22 bits per heavy atom. The van der Waals surface area contributed by atoms with Crippen molar-refractivity contribution in [3.8, 4) is 11.5 Å². The maximum absolute atomic E-state index is 12.1. The van der Waals surface area contributed by atoms with E-state index in [0.717, 1.165) is 5.56 Å². The van der Waals surface area contributed by atoms with Crippen molar-refractivity contribution in [2.45, 2.75) is 17.8 Å². The van der Waals surface area contributed by atoms with E-state index in [-0.39, 0.29) is 35.3 Å². The molecule has 2 saturated heterocycles. The van der Waals surface area contributed by atoms with Crippen LogP contribution in [0, 0.1) is 0 Å². The first-order valence-electron chi connectivity index (χ1n) is 8.32. The van der Waals surface area contributed by atoms with Gasteiger partial charge in [-0.25, -0.2) is 8.42 Å². The first-order valence-corrected chi connectivity index (χ1v) is 11.0. The number of amides is 1. The van der Waals surface area contributed by atoms with E-state index in [0.29, 0.717) is 23.2 Å². The smallest absolute Gasteiger partial charge is 0.274 e. The van der Waals surface area contributed by atoms with E-state index in [1.165, 1.54) is 18.9 Å². The van der Waals surface area contributed by atoms with Gasteiger partial charge in [-0.05, 0) is 17.7 Å². The largest absolute Gasteiger partial charge is 0.493 e. The van der Waals surface area contributed by atoms with Gasteiger partial charge in [-0.2, -0.15) is 4.99 Å². The Kier molecular flexibility index (Phi) is 5.97. The average molecular weight is 415 g/mol. The molecular weight excluding hydrogens is 392 g/mol. The van der Waals surface area contributed by atoms with Gasteiger partial charge in [-0.1, -0.05) is 17.8 Å². The predicted molar refractivity (Wildman–Crippen MR) is 103 cm³/mol. The van der Waals surface area contributed by atoms with Crippen LogP contribution in [0.3, 0.4) is 0 Å². The fourth-order valence-electron chi connectivity index (χ4n) is 3.26. The van der Waals surface area contributed by atoms with Crippen molar-refractivity contribution in [1.29, 1.82) is 0 Å². The summed E-state index contributed by atoms with van der Waals surface area (Å²) < 4.78 is 39.5. The molecule has 2 atom stereocenters. The number of benzene rings is 1. The quantitative estimate of drug-likeness (QED) is 0.679. The van der Waals surface area contributed by atoms with E-state index in [4.69, 9.17) is 14.2 Å². The Morgan fingerprint density at radius 3 is 2.63 bits per heavy atom. The number of amidine groups is 1. The fraction of sp³-hybridized carbons (Fsp3) is 0.529. The lowest BCUT2D eigenvalue weighted by atomic mass is 10.1. The van der Waals surface area contributed by atoms with Crippen LogP contribution in [0.25, 0.3) is 0 Å². The zero-order chi connectivity index (χ0) is 19.6. The van der Waals surface area contributed by atoms with Crippen molar-refractivity contribution in [3.05, 3.63) is 23.8 Å². The Bertz CT molecular complexity index is 855. The van der Waals surface area contributed by atoms with Gasteiger partial charge < -0.3 is 19.1 Å². The Labute approximate surface area is 162 Å². The summed E-state index contributed by atoms with van der Waals surface area (Å²) in [6.07, 6.45) is 0. The van der Waals surface area contributed by atoms with Gasteiger partial charge in [-0.3, -0.25) is 4.79 Å². The zero-order valence-electron chi connectivity index (χ0n) is 15.4. The predicted octanol–water partition coefficient (Wildman–Crippen LogP) is 0.947. The van der Waals surface area contributed by atoms with Crippen LogP contribution in [-0.2, 0) is 25.9 Å². The number of hydrogen-bond donors (Lipinski definition) is 0. The Morgan fingerprint density at radius 2 is 1.96 bits per heavy atom. The van der Waals surface area contributed by atoms with Gasteiger partial charge in [0.2, 0.25) is 0 Å². The number of thioether (sulfide) groups is 1. The highest BCUT2D eigenvalue weighted by atomic mass is 32.2. The molecule has 1 amide bonds. The van der Waals surface area contributed by atoms with Crippen LogP contribution in [0.2, 0.25) is 0 Å². The van der Waals surface area contributed by atoms with Crippen LogP contribution in [0.5, 0.6) is 11.5 Å². The minimum absolute atomic E-state index is 0.0649. The second-order valence-corrected chi connectivity index (χ2v) is 9.70. The summed E-state index contributed by atoms with van der Waals surface area (Å²) in [6.45, 7) is 0.311. The van der Waals surface area contributed by atoms with E-state index >= 15 is 0 Å². The molecule has 2 fully saturated rings. The van der Waals surface area contributed by atoms with Crippen molar-refractivity contribution in [1.82, 2.24) is 4.90 Å². The molecule has 2 aliphatic heterocycles. The summed E-state index contributed by atoms with van der Waals surface area (Å²) in [7, 11) is 1.47.